The molecule has 1 amide bonds. The van der Waals surface area contributed by atoms with Gasteiger partial charge in [-0.15, -0.1) is 0 Å². The summed E-state index contributed by atoms with van der Waals surface area (Å²) >= 11 is 0. The number of aromatic amines is 1. The highest BCUT2D eigenvalue weighted by Gasteiger charge is 2.17. The molecule has 7 heteroatoms. The first-order chi connectivity index (χ1) is 15.5. The van der Waals surface area contributed by atoms with Crippen LogP contribution in [0.3, 0.4) is 0 Å². The van der Waals surface area contributed by atoms with Crippen molar-refractivity contribution in [1.29, 1.82) is 0 Å². The molecule has 0 saturated heterocycles. The first-order valence-electron chi connectivity index (χ1n) is 10.3. The van der Waals surface area contributed by atoms with Gasteiger partial charge in [-0.05, 0) is 30.5 Å². The molecule has 0 atom stereocenters. The summed E-state index contributed by atoms with van der Waals surface area (Å²) in [6.07, 6.45) is 1.44. The third kappa shape index (κ3) is 3.43. The molecule has 32 heavy (non-hydrogen) atoms. The standard InChI is InChI=1S/C25H21N5O2/c1-15-12-21-28-16(2)22-23(31)20(14-26-24(22)30(21)29-15)25(32)27-13-17-8-10-19(11-9-17)18-6-4-3-5-7-18/h3-12,14H,13H2,1-2H3,(H,26,31)(H,27,32). The molecular formula is C25H21N5O2. The molecule has 2 aromatic carbocycles. The molecule has 0 spiro atoms. The van der Waals surface area contributed by atoms with Gasteiger partial charge in [-0.1, -0.05) is 54.6 Å². The summed E-state index contributed by atoms with van der Waals surface area (Å²) in [5.74, 6) is -0.434. The van der Waals surface area contributed by atoms with Gasteiger partial charge in [-0.3, -0.25) is 9.59 Å². The zero-order chi connectivity index (χ0) is 22.2. The Bertz CT molecular complexity index is 1520. The SMILES string of the molecule is Cc1cc2nc(C)c3c(=O)c(C(=O)NCc4ccc(-c5ccccc5)cc4)c[nH]c3n2n1. The van der Waals surface area contributed by atoms with E-state index in [1.165, 1.54) is 6.20 Å². The Labute approximate surface area is 183 Å². The van der Waals surface area contributed by atoms with Gasteiger partial charge in [-0.2, -0.15) is 9.61 Å². The number of pyridine rings is 1. The van der Waals surface area contributed by atoms with Crippen molar-refractivity contribution in [1.82, 2.24) is 24.9 Å². The maximum Gasteiger partial charge on any atom is 0.257 e. The monoisotopic (exact) mass is 423 g/mol. The number of nitrogens with one attached hydrogen (secondary N) is 2. The summed E-state index contributed by atoms with van der Waals surface area (Å²) in [5, 5.41) is 7.59. The molecule has 5 rings (SSSR count). The smallest absolute Gasteiger partial charge is 0.257 e. The molecule has 0 fully saturated rings. The molecule has 0 aliphatic carbocycles. The molecule has 0 radical (unpaired) electrons. The number of nitrogens with zero attached hydrogens (tertiary/aromatic N) is 3. The number of rotatable bonds is 4. The van der Waals surface area contributed by atoms with Gasteiger partial charge in [-0.25, -0.2) is 4.98 Å². The molecule has 5 aromatic rings. The minimum Gasteiger partial charge on any atom is -0.348 e. The first kappa shape index (κ1) is 19.7. The lowest BCUT2D eigenvalue weighted by Gasteiger charge is -2.09. The van der Waals surface area contributed by atoms with Gasteiger partial charge >= 0.3 is 0 Å². The molecule has 2 N–H and O–H groups in total. The fourth-order valence-corrected chi connectivity index (χ4v) is 3.87. The van der Waals surface area contributed by atoms with Crippen molar-refractivity contribution >= 4 is 22.6 Å². The lowest BCUT2D eigenvalue weighted by Crippen LogP contribution is -2.29. The van der Waals surface area contributed by atoms with Gasteiger partial charge in [0, 0.05) is 18.8 Å². The van der Waals surface area contributed by atoms with Crippen LogP contribution in [0.25, 0.3) is 27.8 Å². The molecule has 0 bridgehead atoms. The largest absolute Gasteiger partial charge is 0.348 e. The number of aromatic nitrogens is 4. The van der Waals surface area contributed by atoms with E-state index >= 15 is 0 Å². The lowest BCUT2D eigenvalue weighted by atomic mass is 10.0. The van der Waals surface area contributed by atoms with Crippen molar-refractivity contribution in [3.63, 3.8) is 0 Å². The summed E-state index contributed by atoms with van der Waals surface area (Å²) in [7, 11) is 0. The molecule has 3 aromatic heterocycles. The zero-order valence-electron chi connectivity index (χ0n) is 17.7. The van der Waals surface area contributed by atoms with Gasteiger partial charge in [0.05, 0.1) is 16.8 Å². The summed E-state index contributed by atoms with van der Waals surface area (Å²) in [5.41, 5.74) is 5.40. The average Bonchev–Trinajstić information content (AvgIpc) is 3.18. The van der Waals surface area contributed by atoms with Gasteiger partial charge in [0.15, 0.2) is 5.65 Å². The Morgan fingerprint density at radius 1 is 1.03 bits per heavy atom. The second-order valence-electron chi connectivity index (χ2n) is 7.75. The van der Waals surface area contributed by atoms with Gasteiger partial charge in [0.2, 0.25) is 5.43 Å². The Hall–Kier alpha value is -4.26. The second-order valence-corrected chi connectivity index (χ2v) is 7.75. The number of H-pyrrole nitrogens is 1. The minimum absolute atomic E-state index is 0.0477. The summed E-state index contributed by atoms with van der Waals surface area (Å²) < 4.78 is 1.59. The van der Waals surface area contributed by atoms with Crippen LogP contribution in [0.4, 0.5) is 0 Å². The highest BCUT2D eigenvalue weighted by molar-refractivity contribution is 5.97. The van der Waals surface area contributed by atoms with Gasteiger partial charge in [0.25, 0.3) is 5.91 Å². The molecule has 0 unspecified atom stereocenters. The Balaban J connectivity index is 1.39. The van der Waals surface area contributed by atoms with E-state index in [0.717, 1.165) is 22.4 Å². The predicted octanol–water partition coefficient (Wildman–Crippen LogP) is 3.78. The maximum atomic E-state index is 13.1. The van der Waals surface area contributed by atoms with Crippen LogP contribution in [0.15, 0.2) is 71.7 Å². The number of benzene rings is 2. The van der Waals surface area contributed by atoms with E-state index in [1.807, 2.05) is 55.5 Å². The maximum absolute atomic E-state index is 13.1. The van der Waals surface area contributed by atoms with Crippen molar-refractivity contribution in [3.05, 3.63) is 99.6 Å². The predicted molar refractivity (Wildman–Crippen MR) is 124 cm³/mol. The molecule has 0 aliphatic heterocycles. The molecule has 3 heterocycles. The Morgan fingerprint density at radius 3 is 2.50 bits per heavy atom. The molecule has 7 nitrogen and oxygen atoms in total. The first-order valence-corrected chi connectivity index (χ1v) is 10.3. The van der Waals surface area contributed by atoms with Crippen molar-refractivity contribution in [2.45, 2.75) is 20.4 Å². The number of hydrogen-bond acceptors (Lipinski definition) is 4. The molecular weight excluding hydrogens is 402 g/mol. The highest BCUT2D eigenvalue weighted by Crippen LogP contribution is 2.19. The second kappa shape index (κ2) is 7.77. The van der Waals surface area contributed by atoms with E-state index < -0.39 is 5.91 Å². The van der Waals surface area contributed by atoms with E-state index in [4.69, 9.17) is 0 Å². The number of hydrogen-bond donors (Lipinski definition) is 2. The number of carbonyl (C=O) groups excluding carboxylic acids is 1. The zero-order valence-corrected chi connectivity index (χ0v) is 17.7. The quantitative estimate of drug-likeness (QED) is 0.460. The third-order valence-electron chi connectivity index (χ3n) is 5.49. The van der Waals surface area contributed by atoms with E-state index in [0.29, 0.717) is 28.9 Å². The number of carbonyl (C=O) groups is 1. The van der Waals surface area contributed by atoms with E-state index in [2.05, 4.69) is 32.5 Å². The van der Waals surface area contributed by atoms with Gasteiger partial charge in [0.1, 0.15) is 11.2 Å². The topological polar surface area (TPSA) is 92.1 Å². The van der Waals surface area contributed by atoms with Crippen LogP contribution in [-0.2, 0) is 6.54 Å². The lowest BCUT2D eigenvalue weighted by molar-refractivity contribution is 0.0949. The normalized spacial score (nSPS) is 11.2. The van der Waals surface area contributed by atoms with Crippen molar-refractivity contribution < 1.29 is 4.79 Å². The average molecular weight is 423 g/mol. The molecule has 158 valence electrons. The fraction of sp³-hybridized carbons (Fsp3) is 0.120. The van der Waals surface area contributed by atoms with Crippen LogP contribution in [-0.4, -0.2) is 25.5 Å². The molecule has 0 saturated carbocycles. The highest BCUT2D eigenvalue weighted by atomic mass is 16.2. The third-order valence-corrected chi connectivity index (χ3v) is 5.49. The Kier molecular flexibility index (Phi) is 4.78. The molecule has 0 aliphatic rings. The van der Waals surface area contributed by atoms with Crippen LogP contribution in [0, 0.1) is 13.8 Å². The van der Waals surface area contributed by atoms with Crippen molar-refractivity contribution in [2.24, 2.45) is 0 Å². The summed E-state index contributed by atoms with van der Waals surface area (Å²) in [6.45, 7) is 3.94. The number of amides is 1. The number of aryl methyl sites for hydroxylation is 2. The van der Waals surface area contributed by atoms with E-state index in [-0.39, 0.29) is 11.0 Å². The van der Waals surface area contributed by atoms with Crippen LogP contribution >= 0.6 is 0 Å². The Morgan fingerprint density at radius 2 is 1.75 bits per heavy atom. The van der Waals surface area contributed by atoms with Crippen LogP contribution in [0.1, 0.15) is 27.3 Å². The summed E-state index contributed by atoms with van der Waals surface area (Å²) in [6, 6.07) is 19.9. The number of fused-ring (bicyclic) bond motifs is 3. The van der Waals surface area contributed by atoms with Crippen LogP contribution < -0.4 is 10.7 Å². The van der Waals surface area contributed by atoms with Crippen molar-refractivity contribution in [2.75, 3.05) is 0 Å². The fourth-order valence-electron chi connectivity index (χ4n) is 3.87. The minimum atomic E-state index is -0.434. The van der Waals surface area contributed by atoms with E-state index in [9.17, 15) is 9.59 Å². The van der Waals surface area contributed by atoms with Crippen LogP contribution in [0.2, 0.25) is 0 Å². The van der Waals surface area contributed by atoms with Gasteiger partial charge < -0.3 is 10.3 Å². The van der Waals surface area contributed by atoms with E-state index in [1.54, 1.807) is 11.4 Å². The summed E-state index contributed by atoms with van der Waals surface area (Å²) in [4.78, 5) is 33.4. The van der Waals surface area contributed by atoms with Crippen molar-refractivity contribution in [3.8, 4) is 11.1 Å². The van der Waals surface area contributed by atoms with Crippen LogP contribution in [0.5, 0.6) is 0 Å².